The number of methoxy groups -OCH3 is 1. The number of aromatic hydroxyl groups is 2. The van der Waals surface area contributed by atoms with E-state index in [-0.39, 0.29) is 30.4 Å². The molecule has 1 spiro atoms. The SMILES string of the molecule is COCCCN1C(=O)[C@H]2[C@@H](C1=O)[C@]1(N[C@@H]2Cc2ccc(O)c(O)c2)C(=O)Nc2ccc(Cl)cc21. The molecule has 0 aliphatic carbocycles. The van der Waals surface area contributed by atoms with Gasteiger partial charge in [-0.25, -0.2) is 0 Å². The van der Waals surface area contributed by atoms with Crippen LogP contribution in [0.5, 0.6) is 11.5 Å². The number of rotatable bonds is 6. The van der Waals surface area contributed by atoms with Crippen LogP contribution in [0.4, 0.5) is 5.69 Å². The first-order chi connectivity index (χ1) is 16.3. The maximum atomic E-state index is 13.6. The molecule has 3 aliphatic rings. The monoisotopic (exact) mass is 485 g/mol. The molecule has 2 aromatic rings. The van der Waals surface area contributed by atoms with Crippen molar-refractivity contribution in [2.45, 2.75) is 24.4 Å². The number of hydrogen-bond acceptors (Lipinski definition) is 7. The van der Waals surface area contributed by atoms with E-state index in [1.165, 1.54) is 17.0 Å². The molecular formula is C24H24ClN3O6. The molecule has 2 aromatic carbocycles. The Morgan fingerprint density at radius 1 is 1.09 bits per heavy atom. The van der Waals surface area contributed by atoms with Crippen molar-refractivity contribution in [1.29, 1.82) is 0 Å². The third-order valence-electron chi connectivity index (χ3n) is 6.99. The van der Waals surface area contributed by atoms with Crippen LogP contribution in [0.2, 0.25) is 5.02 Å². The van der Waals surface area contributed by atoms with E-state index in [1.807, 2.05) is 0 Å². The predicted molar refractivity (Wildman–Crippen MR) is 122 cm³/mol. The Morgan fingerprint density at radius 3 is 2.62 bits per heavy atom. The molecule has 3 heterocycles. The lowest BCUT2D eigenvalue weighted by Crippen LogP contribution is -2.53. The lowest BCUT2D eigenvalue weighted by Gasteiger charge is -2.29. The van der Waals surface area contributed by atoms with E-state index in [4.69, 9.17) is 16.3 Å². The number of hydrogen-bond donors (Lipinski definition) is 4. The van der Waals surface area contributed by atoms with Crippen molar-refractivity contribution in [3.05, 3.63) is 52.5 Å². The molecule has 0 radical (unpaired) electrons. The summed E-state index contributed by atoms with van der Waals surface area (Å²) in [5.41, 5.74) is 0.279. The molecule has 34 heavy (non-hydrogen) atoms. The molecule has 0 aromatic heterocycles. The normalized spacial score (nSPS) is 27.4. The third kappa shape index (κ3) is 3.26. The Balaban J connectivity index is 1.58. The van der Waals surface area contributed by atoms with E-state index >= 15 is 0 Å². The number of phenols is 2. The molecule has 4 N–H and O–H groups in total. The second kappa shape index (κ2) is 8.26. The quantitative estimate of drug-likeness (QED) is 0.279. The number of halogens is 1. The van der Waals surface area contributed by atoms with E-state index in [0.29, 0.717) is 34.9 Å². The van der Waals surface area contributed by atoms with Crippen LogP contribution < -0.4 is 10.6 Å². The highest BCUT2D eigenvalue weighted by molar-refractivity contribution is 6.31. The van der Waals surface area contributed by atoms with Gasteiger partial charge in [0.15, 0.2) is 11.5 Å². The van der Waals surface area contributed by atoms with Gasteiger partial charge < -0.3 is 20.3 Å². The summed E-state index contributed by atoms with van der Waals surface area (Å²) in [4.78, 5) is 41.8. The van der Waals surface area contributed by atoms with Crippen LogP contribution in [-0.2, 0) is 31.1 Å². The van der Waals surface area contributed by atoms with Gasteiger partial charge in [0.05, 0.1) is 11.8 Å². The Labute approximate surface area is 200 Å². The van der Waals surface area contributed by atoms with Crippen LogP contribution in [0.15, 0.2) is 36.4 Å². The number of imide groups is 1. The molecule has 3 aliphatic heterocycles. The van der Waals surface area contributed by atoms with E-state index in [0.717, 1.165) is 0 Å². The number of carbonyl (C=O) groups excluding carboxylic acids is 3. The van der Waals surface area contributed by atoms with Crippen molar-refractivity contribution in [2.75, 3.05) is 25.6 Å². The van der Waals surface area contributed by atoms with Crippen molar-refractivity contribution in [1.82, 2.24) is 10.2 Å². The van der Waals surface area contributed by atoms with Crippen molar-refractivity contribution < 1.29 is 29.3 Å². The molecule has 10 heteroatoms. The van der Waals surface area contributed by atoms with Crippen molar-refractivity contribution in [2.24, 2.45) is 11.8 Å². The minimum atomic E-state index is -1.45. The van der Waals surface area contributed by atoms with Gasteiger partial charge in [-0.3, -0.25) is 24.6 Å². The number of fused-ring (bicyclic) bond motifs is 4. The molecular weight excluding hydrogens is 462 g/mol. The molecule has 4 atom stereocenters. The maximum absolute atomic E-state index is 13.6. The van der Waals surface area contributed by atoms with Crippen LogP contribution in [0, 0.1) is 11.8 Å². The van der Waals surface area contributed by atoms with Crippen LogP contribution >= 0.6 is 11.6 Å². The summed E-state index contributed by atoms with van der Waals surface area (Å²) in [7, 11) is 1.55. The zero-order valence-corrected chi connectivity index (χ0v) is 19.1. The molecule has 0 saturated carbocycles. The standard InChI is InChI=1S/C24H24ClN3O6/c1-34-8-2-7-28-21(31)19-16(9-12-3-6-17(29)18(30)10-12)27-24(20(19)22(28)32)14-11-13(25)4-5-15(14)26-23(24)33/h3-6,10-11,16,19-20,27,29-30H,2,7-9H2,1H3,(H,26,33)/t16-,19-,20+,24+/m1/s1. The summed E-state index contributed by atoms with van der Waals surface area (Å²) in [6.07, 6.45) is 0.740. The lowest BCUT2D eigenvalue weighted by molar-refractivity contribution is -0.143. The summed E-state index contributed by atoms with van der Waals surface area (Å²) < 4.78 is 5.07. The van der Waals surface area contributed by atoms with E-state index in [1.54, 1.807) is 31.4 Å². The molecule has 5 rings (SSSR count). The van der Waals surface area contributed by atoms with Crippen LogP contribution in [0.3, 0.4) is 0 Å². The zero-order chi connectivity index (χ0) is 24.2. The average Bonchev–Trinajstić information content (AvgIpc) is 3.37. The van der Waals surface area contributed by atoms with Gasteiger partial charge in [-0.1, -0.05) is 17.7 Å². The second-order valence-corrected chi connectivity index (χ2v) is 9.34. The Morgan fingerprint density at radius 2 is 1.88 bits per heavy atom. The number of anilines is 1. The number of nitrogens with zero attached hydrogens (tertiary/aromatic N) is 1. The highest BCUT2D eigenvalue weighted by Gasteiger charge is 2.70. The van der Waals surface area contributed by atoms with Crippen molar-refractivity contribution in [3.8, 4) is 11.5 Å². The van der Waals surface area contributed by atoms with Crippen LogP contribution in [0.1, 0.15) is 17.5 Å². The van der Waals surface area contributed by atoms with E-state index in [2.05, 4.69) is 10.6 Å². The predicted octanol–water partition coefficient (Wildman–Crippen LogP) is 1.75. The van der Waals surface area contributed by atoms with Gasteiger partial charge in [-0.2, -0.15) is 0 Å². The van der Waals surface area contributed by atoms with Gasteiger partial charge in [0.2, 0.25) is 17.7 Å². The third-order valence-corrected chi connectivity index (χ3v) is 7.23. The summed E-state index contributed by atoms with van der Waals surface area (Å²) in [6, 6.07) is 8.82. The van der Waals surface area contributed by atoms with Gasteiger partial charge in [0.1, 0.15) is 5.54 Å². The van der Waals surface area contributed by atoms with Gasteiger partial charge in [0.25, 0.3) is 0 Å². The first kappa shape index (κ1) is 22.6. The number of nitrogens with one attached hydrogen (secondary N) is 2. The van der Waals surface area contributed by atoms with Gasteiger partial charge in [-0.15, -0.1) is 0 Å². The molecule has 9 nitrogen and oxygen atoms in total. The fourth-order valence-electron chi connectivity index (χ4n) is 5.55. The number of phenolic OH excluding ortho intramolecular Hbond substituents is 2. The van der Waals surface area contributed by atoms with Crippen LogP contribution in [0.25, 0.3) is 0 Å². The zero-order valence-electron chi connectivity index (χ0n) is 18.4. The van der Waals surface area contributed by atoms with Gasteiger partial charge >= 0.3 is 0 Å². The van der Waals surface area contributed by atoms with E-state index < -0.39 is 35.2 Å². The fraction of sp³-hybridized carbons (Fsp3) is 0.375. The number of benzene rings is 2. The average molecular weight is 486 g/mol. The molecule has 0 unspecified atom stereocenters. The smallest absolute Gasteiger partial charge is 0.250 e. The first-order valence-electron chi connectivity index (χ1n) is 11.0. The second-order valence-electron chi connectivity index (χ2n) is 8.91. The van der Waals surface area contributed by atoms with Crippen LogP contribution in [-0.4, -0.2) is 59.1 Å². The van der Waals surface area contributed by atoms with Gasteiger partial charge in [0, 0.05) is 42.6 Å². The summed E-state index contributed by atoms with van der Waals surface area (Å²) >= 11 is 6.26. The maximum Gasteiger partial charge on any atom is 0.250 e. The minimum absolute atomic E-state index is 0.200. The first-order valence-corrected chi connectivity index (χ1v) is 11.4. The summed E-state index contributed by atoms with van der Waals surface area (Å²) in [5.74, 6) is -3.43. The van der Waals surface area contributed by atoms with Crippen molar-refractivity contribution in [3.63, 3.8) is 0 Å². The number of ether oxygens (including phenoxy) is 1. The number of carbonyl (C=O) groups is 3. The molecule has 3 amide bonds. The molecule has 2 saturated heterocycles. The fourth-order valence-corrected chi connectivity index (χ4v) is 5.72. The number of likely N-dealkylation sites (tertiary alicyclic amines) is 1. The Hall–Kier alpha value is -3.14. The summed E-state index contributed by atoms with van der Waals surface area (Å²) in [5, 5.41) is 26.2. The van der Waals surface area contributed by atoms with Crippen molar-refractivity contribution >= 4 is 35.0 Å². The minimum Gasteiger partial charge on any atom is -0.504 e. The highest BCUT2D eigenvalue weighted by atomic mass is 35.5. The van der Waals surface area contributed by atoms with E-state index in [9.17, 15) is 24.6 Å². The molecule has 0 bridgehead atoms. The molecule has 178 valence electrons. The van der Waals surface area contributed by atoms with Gasteiger partial charge in [-0.05, 0) is 48.7 Å². The Bertz CT molecular complexity index is 1200. The largest absolute Gasteiger partial charge is 0.504 e. The number of amides is 3. The lowest BCUT2D eigenvalue weighted by atomic mass is 9.76. The Kier molecular flexibility index (Phi) is 5.50. The topological polar surface area (TPSA) is 128 Å². The molecule has 2 fully saturated rings. The summed E-state index contributed by atoms with van der Waals surface area (Å²) in [6.45, 7) is 0.594. The highest BCUT2D eigenvalue weighted by Crippen LogP contribution is 2.53.